The maximum Gasteiger partial charge on any atom is 0.328 e. The van der Waals surface area contributed by atoms with Crippen molar-refractivity contribution in [3.8, 4) is 0 Å². The highest BCUT2D eigenvalue weighted by Gasteiger charge is 2.19. The van der Waals surface area contributed by atoms with E-state index < -0.39 is 0 Å². The fourth-order valence-electron chi connectivity index (χ4n) is 1.73. The molecule has 1 rings (SSSR count). The third-order valence-corrected chi connectivity index (χ3v) is 2.68. The molecule has 0 aromatic carbocycles. The highest BCUT2D eigenvalue weighted by atomic mass is 16.5. The van der Waals surface area contributed by atoms with Gasteiger partial charge in [-0.3, -0.25) is 4.68 Å². The van der Waals surface area contributed by atoms with Crippen LogP contribution in [0, 0.1) is 6.92 Å². The summed E-state index contributed by atoms with van der Waals surface area (Å²) >= 11 is 0. The van der Waals surface area contributed by atoms with Crippen molar-refractivity contribution in [1.29, 1.82) is 0 Å². The van der Waals surface area contributed by atoms with E-state index in [1.54, 1.807) is 4.68 Å². The molecule has 17 heavy (non-hydrogen) atoms. The second-order valence-corrected chi connectivity index (χ2v) is 4.16. The number of aromatic nitrogens is 2. The highest BCUT2D eigenvalue weighted by molar-refractivity contribution is 5.79. The number of hydrogen-bond donors (Lipinski definition) is 1. The summed E-state index contributed by atoms with van der Waals surface area (Å²) < 4.78 is 6.53. The van der Waals surface area contributed by atoms with Crippen LogP contribution in [0.5, 0.6) is 0 Å². The van der Waals surface area contributed by atoms with Gasteiger partial charge in [-0.2, -0.15) is 5.10 Å². The number of ether oxygens (including phenoxy) is 1. The SMILES string of the molecule is CCCCC(Nc1cn(C)nc1C)C(=O)OC. The Morgan fingerprint density at radius 3 is 2.82 bits per heavy atom. The topological polar surface area (TPSA) is 56.2 Å². The van der Waals surface area contributed by atoms with Crippen LogP contribution in [0.3, 0.4) is 0 Å². The molecule has 1 aromatic heterocycles. The van der Waals surface area contributed by atoms with Crippen LogP contribution in [-0.4, -0.2) is 28.9 Å². The molecular formula is C12H21N3O2. The fraction of sp³-hybridized carbons (Fsp3) is 0.667. The zero-order chi connectivity index (χ0) is 12.8. The average molecular weight is 239 g/mol. The standard InChI is InChI=1S/C12H21N3O2/c1-5-6-7-10(12(16)17-4)13-11-8-15(3)14-9(11)2/h8,10,13H,5-7H2,1-4H3. The van der Waals surface area contributed by atoms with Gasteiger partial charge < -0.3 is 10.1 Å². The van der Waals surface area contributed by atoms with Crippen molar-refractivity contribution in [1.82, 2.24) is 9.78 Å². The Morgan fingerprint density at radius 1 is 1.65 bits per heavy atom. The van der Waals surface area contributed by atoms with Crippen molar-refractivity contribution in [3.05, 3.63) is 11.9 Å². The second kappa shape index (κ2) is 6.27. The van der Waals surface area contributed by atoms with E-state index in [4.69, 9.17) is 4.74 Å². The lowest BCUT2D eigenvalue weighted by Gasteiger charge is -2.16. The van der Waals surface area contributed by atoms with E-state index in [2.05, 4.69) is 17.3 Å². The molecule has 1 N–H and O–H groups in total. The molecule has 0 aliphatic carbocycles. The number of nitrogens with one attached hydrogen (secondary N) is 1. The molecule has 1 unspecified atom stereocenters. The molecule has 1 aromatic rings. The summed E-state index contributed by atoms with van der Waals surface area (Å²) in [4.78, 5) is 11.6. The van der Waals surface area contributed by atoms with E-state index in [1.807, 2.05) is 20.2 Å². The first-order chi connectivity index (χ1) is 8.08. The predicted octanol–water partition coefficient (Wildman–Crippen LogP) is 1.87. The van der Waals surface area contributed by atoms with Gasteiger partial charge in [-0.15, -0.1) is 0 Å². The molecule has 1 heterocycles. The Kier molecular flexibility index (Phi) is 5.00. The highest BCUT2D eigenvalue weighted by Crippen LogP contribution is 2.15. The van der Waals surface area contributed by atoms with Crippen LogP contribution in [0.2, 0.25) is 0 Å². The molecule has 0 saturated heterocycles. The third-order valence-electron chi connectivity index (χ3n) is 2.68. The number of unbranched alkanes of at least 4 members (excludes halogenated alkanes) is 1. The summed E-state index contributed by atoms with van der Waals surface area (Å²) in [6.07, 6.45) is 4.70. The van der Waals surface area contributed by atoms with Crippen molar-refractivity contribution in [2.75, 3.05) is 12.4 Å². The van der Waals surface area contributed by atoms with Crippen LogP contribution in [0.25, 0.3) is 0 Å². The van der Waals surface area contributed by atoms with E-state index in [1.165, 1.54) is 7.11 Å². The van der Waals surface area contributed by atoms with Gasteiger partial charge in [-0.1, -0.05) is 19.8 Å². The predicted molar refractivity (Wildman–Crippen MR) is 66.9 cm³/mol. The van der Waals surface area contributed by atoms with Crippen LogP contribution in [0.15, 0.2) is 6.20 Å². The molecule has 0 amide bonds. The number of rotatable bonds is 6. The minimum atomic E-state index is -0.289. The van der Waals surface area contributed by atoms with Gasteiger partial charge >= 0.3 is 5.97 Å². The summed E-state index contributed by atoms with van der Waals surface area (Å²) in [5.41, 5.74) is 1.77. The zero-order valence-corrected chi connectivity index (χ0v) is 11.0. The van der Waals surface area contributed by atoms with Crippen LogP contribution in [-0.2, 0) is 16.6 Å². The molecule has 0 aliphatic heterocycles. The number of esters is 1. The number of hydrogen-bond acceptors (Lipinski definition) is 4. The first kappa shape index (κ1) is 13.5. The lowest BCUT2D eigenvalue weighted by molar-refractivity contribution is -0.141. The molecule has 0 aliphatic rings. The summed E-state index contributed by atoms with van der Waals surface area (Å²) in [5.74, 6) is -0.221. The van der Waals surface area contributed by atoms with Crippen LogP contribution in [0.1, 0.15) is 31.9 Å². The fourth-order valence-corrected chi connectivity index (χ4v) is 1.73. The maximum absolute atomic E-state index is 11.6. The summed E-state index contributed by atoms with van der Waals surface area (Å²) in [6, 6.07) is -0.289. The van der Waals surface area contributed by atoms with Crippen molar-refractivity contribution < 1.29 is 9.53 Å². The summed E-state index contributed by atoms with van der Waals surface area (Å²) in [5, 5.41) is 7.43. The average Bonchev–Trinajstić information content (AvgIpc) is 2.62. The Labute approximate surface area is 102 Å². The van der Waals surface area contributed by atoms with Crippen molar-refractivity contribution in [2.45, 2.75) is 39.2 Å². The molecule has 0 spiro atoms. The Morgan fingerprint density at radius 2 is 2.35 bits per heavy atom. The molecule has 0 saturated carbocycles. The van der Waals surface area contributed by atoms with Gasteiger partial charge in [0.2, 0.25) is 0 Å². The lowest BCUT2D eigenvalue weighted by Crippen LogP contribution is -2.30. The van der Waals surface area contributed by atoms with E-state index in [9.17, 15) is 4.79 Å². The van der Waals surface area contributed by atoms with Crippen LogP contribution in [0.4, 0.5) is 5.69 Å². The monoisotopic (exact) mass is 239 g/mol. The van der Waals surface area contributed by atoms with Gasteiger partial charge in [0.25, 0.3) is 0 Å². The number of carbonyl (C=O) groups excluding carboxylic acids is 1. The van der Waals surface area contributed by atoms with E-state index in [0.717, 1.165) is 30.6 Å². The van der Waals surface area contributed by atoms with Gasteiger partial charge in [0, 0.05) is 13.2 Å². The van der Waals surface area contributed by atoms with Crippen LogP contribution < -0.4 is 5.32 Å². The number of methoxy groups -OCH3 is 1. The number of anilines is 1. The normalized spacial score (nSPS) is 12.2. The molecule has 0 bridgehead atoms. The van der Waals surface area contributed by atoms with Gasteiger partial charge in [-0.25, -0.2) is 4.79 Å². The Bertz CT molecular complexity index is 374. The van der Waals surface area contributed by atoms with Gasteiger partial charge in [-0.05, 0) is 13.3 Å². The lowest BCUT2D eigenvalue weighted by atomic mass is 10.1. The van der Waals surface area contributed by atoms with Gasteiger partial charge in [0.05, 0.1) is 18.5 Å². The summed E-state index contributed by atoms with van der Waals surface area (Å²) in [7, 11) is 3.27. The third kappa shape index (κ3) is 3.76. The van der Waals surface area contributed by atoms with Crippen molar-refractivity contribution >= 4 is 11.7 Å². The van der Waals surface area contributed by atoms with E-state index >= 15 is 0 Å². The zero-order valence-electron chi connectivity index (χ0n) is 11.0. The summed E-state index contributed by atoms with van der Waals surface area (Å²) in [6.45, 7) is 4.01. The first-order valence-corrected chi connectivity index (χ1v) is 5.93. The first-order valence-electron chi connectivity index (χ1n) is 5.93. The van der Waals surface area contributed by atoms with Gasteiger partial charge in [0.15, 0.2) is 0 Å². The molecule has 0 fully saturated rings. The van der Waals surface area contributed by atoms with Crippen molar-refractivity contribution in [3.63, 3.8) is 0 Å². The van der Waals surface area contributed by atoms with Crippen LogP contribution >= 0.6 is 0 Å². The second-order valence-electron chi connectivity index (χ2n) is 4.16. The largest absolute Gasteiger partial charge is 0.467 e. The maximum atomic E-state index is 11.6. The molecule has 5 heteroatoms. The molecule has 1 atom stereocenters. The number of aryl methyl sites for hydroxylation is 2. The Hall–Kier alpha value is -1.52. The molecule has 0 radical (unpaired) electrons. The minimum absolute atomic E-state index is 0.221. The molecule has 5 nitrogen and oxygen atoms in total. The van der Waals surface area contributed by atoms with E-state index in [-0.39, 0.29) is 12.0 Å². The molecule has 96 valence electrons. The Balaban J connectivity index is 2.71. The van der Waals surface area contributed by atoms with Gasteiger partial charge in [0.1, 0.15) is 6.04 Å². The minimum Gasteiger partial charge on any atom is -0.467 e. The smallest absolute Gasteiger partial charge is 0.328 e. The number of nitrogens with zero attached hydrogens (tertiary/aromatic N) is 2. The number of carbonyl (C=O) groups is 1. The van der Waals surface area contributed by atoms with E-state index in [0.29, 0.717) is 0 Å². The quantitative estimate of drug-likeness (QED) is 0.770. The van der Waals surface area contributed by atoms with Crippen molar-refractivity contribution in [2.24, 2.45) is 7.05 Å². The molecular weight excluding hydrogens is 218 g/mol.